The molecule has 1 aromatic heterocycles. The van der Waals surface area contributed by atoms with Gasteiger partial charge in [0.15, 0.2) is 0 Å². The molecule has 2 aromatic carbocycles. The number of likely N-dealkylation sites (N-methyl/N-ethyl adjacent to an activating group) is 1. The van der Waals surface area contributed by atoms with Gasteiger partial charge in [0.2, 0.25) is 6.10 Å². The summed E-state index contributed by atoms with van der Waals surface area (Å²) < 4.78 is 19.8. The maximum atomic E-state index is 13.0. The van der Waals surface area contributed by atoms with E-state index in [9.17, 15) is 14.4 Å². The topological polar surface area (TPSA) is 109 Å². The minimum absolute atomic E-state index is 0.210. The van der Waals surface area contributed by atoms with Crippen LogP contribution < -0.4 is 4.74 Å². The molecule has 0 saturated carbocycles. The summed E-state index contributed by atoms with van der Waals surface area (Å²) in [6, 6.07) is 13.7. The monoisotopic (exact) mass is 577 g/mol. The smallest absolute Gasteiger partial charge is 0.342 e. The summed E-state index contributed by atoms with van der Waals surface area (Å²) >= 11 is 0. The third kappa shape index (κ3) is 6.87. The van der Waals surface area contributed by atoms with Gasteiger partial charge in [-0.15, -0.1) is 5.06 Å². The van der Waals surface area contributed by atoms with Crippen molar-refractivity contribution in [2.45, 2.75) is 39.0 Å². The van der Waals surface area contributed by atoms with E-state index in [1.165, 1.54) is 12.1 Å². The summed E-state index contributed by atoms with van der Waals surface area (Å²) in [6.07, 6.45) is 2.50. The van der Waals surface area contributed by atoms with Crippen molar-refractivity contribution in [1.82, 2.24) is 14.8 Å². The largest absolute Gasteiger partial charge is 0.490 e. The summed E-state index contributed by atoms with van der Waals surface area (Å²) in [6.45, 7) is 10.3. The lowest BCUT2D eigenvalue weighted by Gasteiger charge is -2.37. The first-order valence-electron chi connectivity index (χ1n) is 14.1. The zero-order valence-corrected chi connectivity index (χ0v) is 24.4. The van der Waals surface area contributed by atoms with Crippen molar-refractivity contribution in [3.63, 3.8) is 0 Å². The van der Waals surface area contributed by atoms with Gasteiger partial charge in [-0.05, 0) is 50.6 Å². The summed E-state index contributed by atoms with van der Waals surface area (Å²) in [5.74, 6) is -1.56. The van der Waals surface area contributed by atoms with Crippen molar-refractivity contribution in [1.29, 1.82) is 0 Å². The Balaban J connectivity index is 1.22. The van der Waals surface area contributed by atoms with Gasteiger partial charge in [-0.25, -0.2) is 9.63 Å². The average Bonchev–Trinajstić information content (AvgIpc) is 3.53. The van der Waals surface area contributed by atoms with Gasteiger partial charge in [-0.3, -0.25) is 14.3 Å². The lowest BCUT2D eigenvalue weighted by Crippen LogP contribution is -2.53. The molecule has 0 spiro atoms. The van der Waals surface area contributed by atoms with Crippen LogP contribution in [0.3, 0.4) is 0 Å². The van der Waals surface area contributed by atoms with Crippen molar-refractivity contribution in [2.24, 2.45) is 0 Å². The standard InChI is InChI=1S/C31H37N4O7/c1-31(2,3)41-30(38)27(42-34-28(36)25-7-5-6-8-26(25)29(34)37)21-40-24-11-9-22(10-12-24)23-19-32-33(20-23)13-14-35(4)15-17-39-18-16-35/h5-12,19-20,27H,13-18,21H2,1-4H3/q+1. The molecule has 3 heterocycles. The second kappa shape index (κ2) is 12.0. The number of hydroxylamine groups is 2. The van der Waals surface area contributed by atoms with Crippen LogP contribution in [0.1, 0.15) is 41.5 Å². The molecule has 2 aliphatic rings. The number of nitrogens with zero attached hydrogens (tertiary/aromatic N) is 4. The number of hydrogen-bond acceptors (Lipinski definition) is 8. The van der Waals surface area contributed by atoms with E-state index in [-0.39, 0.29) is 17.7 Å². The minimum Gasteiger partial charge on any atom is -0.490 e. The Labute approximate surface area is 245 Å². The van der Waals surface area contributed by atoms with Crippen LogP contribution in [-0.4, -0.2) is 95.3 Å². The fraction of sp³-hybridized carbons (Fsp3) is 0.419. The maximum Gasteiger partial charge on any atom is 0.342 e. The molecule has 3 aromatic rings. The van der Waals surface area contributed by atoms with E-state index in [4.69, 9.17) is 19.0 Å². The minimum atomic E-state index is -1.36. The molecule has 0 aliphatic carbocycles. The van der Waals surface area contributed by atoms with Gasteiger partial charge in [-0.2, -0.15) is 5.10 Å². The molecule has 0 bridgehead atoms. The molecule has 2 aliphatic heterocycles. The Hall–Kier alpha value is -4.06. The molecule has 222 valence electrons. The van der Waals surface area contributed by atoms with Gasteiger partial charge in [-0.1, -0.05) is 24.3 Å². The second-order valence-electron chi connectivity index (χ2n) is 11.8. The molecule has 0 N–H and O–H groups in total. The Kier molecular flexibility index (Phi) is 8.44. The predicted molar refractivity (Wildman–Crippen MR) is 152 cm³/mol. The fourth-order valence-corrected chi connectivity index (χ4v) is 4.80. The zero-order chi connectivity index (χ0) is 29.9. The number of quaternary nitrogens is 1. The summed E-state index contributed by atoms with van der Waals surface area (Å²) in [7, 11) is 2.25. The average molecular weight is 578 g/mol. The quantitative estimate of drug-likeness (QED) is 0.205. The van der Waals surface area contributed by atoms with E-state index >= 15 is 0 Å². The van der Waals surface area contributed by atoms with Crippen LogP contribution >= 0.6 is 0 Å². The van der Waals surface area contributed by atoms with Crippen LogP contribution in [0.15, 0.2) is 60.9 Å². The van der Waals surface area contributed by atoms with Crippen molar-refractivity contribution >= 4 is 17.8 Å². The van der Waals surface area contributed by atoms with Crippen LogP contribution in [0.5, 0.6) is 5.75 Å². The normalized spacial score (nSPS) is 17.2. The van der Waals surface area contributed by atoms with Crippen molar-refractivity contribution in [3.05, 3.63) is 72.1 Å². The highest BCUT2D eigenvalue weighted by molar-refractivity contribution is 6.20. The van der Waals surface area contributed by atoms with Gasteiger partial charge < -0.3 is 18.7 Å². The third-order valence-electron chi connectivity index (χ3n) is 7.30. The van der Waals surface area contributed by atoms with E-state index in [1.54, 1.807) is 45.0 Å². The number of imide groups is 1. The number of benzene rings is 2. The van der Waals surface area contributed by atoms with Crippen molar-refractivity contribution < 1.29 is 37.9 Å². The molecule has 1 fully saturated rings. The summed E-state index contributed by atoms with van der Waals surface area (Å²) in [4.78, 5) is 44.2. The predicted octanol–water partition coefficient (Wildman–Crippen LogP) is 3.34. The van der Waals surface area contributed by atoms with Gasteiger partial charge >= 0.3 is 5.97 Å². The summed E-state index contributed by atoms with van der Waals surface area (Å²) in [5.41, 5.74) is 1.55. The highest BCUT2D eigenvalue weighted by Gasteiger charge is 2.40. The van der Waals surface area contributed by atoms with Crippen LogP contribution in [-0.2, 0) is 25.7 Å². The molecule has 1 saturated heterocycles. The zero-order valence-electron chi connectivity index (χ0n) is 24.4. The lowest BCUT2D eigenvalue weighted by atomic mass is 10.1. The van der Waals surface area contributed by atoms with Gasteiger partial charge in [0.05, 0.1) is 50.7 Å². The van der Waals surface area contributed by atoms with Crippen LogP contribution in [0, 0.1) is 0 Å². The number of fused-ring (bicyclic) bond motifs is 1. The number of rotatable bonds is 10. The maximum absolute atomic E-state index is 13.0. The number of hydrogen-bond donors (Lipinski definition) is 0. The Morgan fingerprint density at radius 3 is 2.26 bits per heavy atom. The number of carbonyl (C=O) groups excluding carboxylic acids is 3. The number of morpholine rings is 1. The lowest BCUT2D eigenvalue weighted by molar-refractivity contribution is -0.917. The molecule has 42 heavy (non-hydrogen) atoms. The first-order chi connectivity index (χ1) is 20.0. The Morgan fingerprint density at radius 2 is 1.64 bits per heavy atom. The fourth-order valence-electron chi connectivity index (χ4n) is 4.80. The molecular weight excluding hydrogens is 540 g/mol. The molecule has 5 rings (SSSR count). The van der Waals surface area contributed by atoms with Crippen LogP contribution in [0.2, 0.25) is 0 Å². The SMILES string of the molecule is CC(C)(C)OC(=O)C(COc1ccc(-c2cnn(CC[N+]3(C)CCOCC3)c2)cc1)ON1C(=O)c2ccccc2C1=O. The molecular formula is C31H37N4O7+. The Morgan fingerprint density at radius 1 is 1.00 bits per heavy atom. The third-order valence-corrected chi connectivity index (χ3v) is 7.30. The molecule has 11 heteroatoms. The van der Waals surface area contributed by atoms with E-state index < -0.39 is 29.5 Å². The number of aromatic nitrogens is 2. The van der Waals surface area contributed by atoms with E-state index in [0.717, 1.165) is 55.0 Å². The number of carbonyl (C=O) groups is 3. The van der Waals surface area contributed by atoms with Crippen LogP contribution in [0.4, 0.5) is 0 Å². The highest BCUT2D eigenvalue weighted by atomic mass is 16.7. The molecule has 2 amide bonds. The summed E-state index contributed by atoms with van der Waals surface area (Å²) in [5, 5.41) is 5.13. The van der Waals surface area contributed by atoms with Gasteiger partial charge in [0, 0.05) is 11.8 Å². The van der Waals surface area contributed by atoms with Gasteiger partial charge in [0.1, 0.15) is 31.0 Å². The van der Waals surface area contributed by atoms with E-state index in [1.807, 2.05) is 29.2 Å². The molecule has 0 radical (unpaired) electrons. The molecule has 11 nitrogen and oxygen atoms in total. The highest BCUT2D eigenvalue weighted by Crippen LogP contribution is 2.26. The van der Waals surface area contributed by atoms with E-state index in [2.05, 4.69) is 12.1 Å². The van der Waals surface area contributed by atoms with E-state index in [0.29, 0.717) is 10.8 Å². The second-order valence-corrected chi connectivity index (χ2v) is 11.8. The molecule has 1 unspecified atom stereocenters. The van der Waals surface area contributed by atoms with Crippen LogP contribution in [0.25, 0.3) is 11.1 Å². The number of ether oxygens (including phenoxy) is 3. The molecule has 1 atom stereocenters. The van der Waals surface area contributed by atoms with Gasteiger partial charge in [0.25, 0.3) is 11.8 Å². The number of amides is 2. The first-order valence-corrected chi connectivity index (χ1v) is 14.1. The first kappa shape index (κ1) is 29.4. The van der Waals surface area contributed by atoms with Crippen molar-refractivity contribution in [2.75, 3.05) is 46.5 Å². The van der Waals surface area contributed by atoms with Crippen molar-refractivity contribution in [3.8, 4) is 16.9 Å². The Bertz CT molecular complexity index is 1400. The number of esters is 1.